The first-order chi connectivity index (χ1) is 13.0. The quantitative estimate of drug-likeness (QED) is 0.686. The molecule has 5 nitrogen and oxygen atoms in total. The average molecular weight is 370 g/mol. The predicted octanol–water partition coefficient (Wildman–Crippen LogP) is 3.89. The highest BCUT2D eigenvalue weighted by Gasteiger charge is 2.15. The number of carbonyl (C=O) groups is 1. The van der Waals surface area contributed by atoms with Crippen molar-refractivity contribution in [1.29, 1.82) is 0 Å². The molecule has 1 N–H and O–H groups in total. The van der Waals surface area contributed by atoms with Crippen LogP contribution in [0.2, 0.25) is 0 Å². The third-order valence-electron chi connectivity index (χ3n) is 4.33. The van der Waals surface area contributed by atoms with Crippen LogP contribution in [0.4, 0.5) is 4.39 Å². The summed E-state index contributed by atoms with van der Waals surface area (Å²) in [5, 5.41) is 3.94. The summed E-state index contributed by atoms with van der Waals surface area (Å²) in [6, 6.07) is 14.2. The van der Waals surface area contributed by atoms with Gasteiger partial charge in [0.25, 0.3) is 0 Å². The Kier molecular flexibility index (Phi) is 5.76. The van der Waals surface area contributed by atoms with Gasteiger partial charge in [-0.15, -0.1) is 0 Å². The third kappa shape index (κ3) is 4.65. The van der Waals surface area contributed by atoms with Crippen molar-refractivity contribution in [2.75, 3.05) is 20.7 Å². The van der Waals surface area contributed by atoms with Crippen molar-refractivity contribution in [2.45, 2.75) is 19.5 Å². The maximum Gasteiger partial charge on any atom is 0.234 e. The fourth-order valence-corrected chi connectivity index (χ4v) is 3.00. The van der Waals surface area contributed by atoms with E-state index in [1.54, 1.807) is 12.1 Å². The number of benzene rings is 2. The van der Waals surface area contributed by atoms with E-state index in [4.69, 9.17) is 9.15 Å². The first-order valence-corrected chi connectivity index (χ1v) is 8.75. The van der Waals surface area contributed by atoms with Gasteiger partial charge in [0.1, 0.15) is 11.3 Å². The SMILES string of the molecule is COc1ccc(CN(C)CC(=O)NC(C)c2cc3ccccc3o2)cc1F. The monoisotopic (exact) mass is 370 g/mol. The van der Waals surface area contributed by atoms with Gasteiger partial charge in [-0.05, 0) is 43.8 Å². The number of nitrogens with one attached hydrogen (secondary N) is 1. The van der Waals surface area contributed by atoms with E-state index in [-0.39, 0.29) is 24.2 Å². The number of likely N-dealkylation sites (N-methyl/N-ethyl adjacent to an activating group) is 1. The second kappa shape index (κ2) is 8.22. The number of carbonyl (C=O) groups excluding carboxylic acids is 1. The molecule has 0 fully saturated rings. The highest BCUT2D eigenvalue weighted by molar-refractivity contribution is 5.80. The highest BCUT2D eigenvalue weighted by atomic mass is 19.1. The molecular weight excluding hydrogens is 347 g/mol. The Balaban J connectivity index is 1.55. The van der Waals surface area contributed by atoms with Crippen LogP contribution in [0.25, 0.3) is 11.0 Å². The van der Waals surface area contributed by atoms with E-state index in [1.807, 2.05) is 49.2 Å². The van der Waals surface area contributed by atoms with Crippen molar-refractivity contribution in [1.82, 2.24) is 10.2 Å². The molecule has 6 heteroatoms. The van der Waals surface area contributed by atoms with E-state index in [2.05, 4.69) is 5.32 Å². The number of rotatable bonds is 7. The number of hydrogen-bond donors (Lipinski definition) is 1. The molecule has 3 aromatic rings. The van der Waals surface area contributed by atoms with Crippen LogP contribution in [-0.2, 0) is 11.3 Å². The fraction of sp³-hybridized carbons (Fsp3) is 0.286. The lowest BCUT2D eigenvalue weighted by atomic mass is 10.2. The molecule has 0 saturated carbocycles. The minimum absolute atomic E-state index is 0.126. The van der Waals surface area contributed by atoms with Crippen LogP contribution in [-0.4, -0.2) is 31.5 Å². The summed E-state index contributed by atoms with van der Waals surface area (Å²) in [6.07, 6.45) is 0. The smallest absolute Gasteiger partial charge is 0.234 e. The Morgan fingerprint density at radius 1 is 1.26 bits per heavy atom. The lowest BCUT2D eigenvalue weighted by molar-refractivity contribution is -0.122. The molecule has 1 amide bonds. The Hall–Kier alpha value is -2.86. The van der Waals surface area contributed by atoms with Gasteiger partial charge in [0.15, 0.2) is 11.6 Å². The van der Waals surface area contributed by atoms with Gasteiger partial charge >= 0.3 is 0 Å². The molecule has 1 atom stereocenters. The molecule has 0 aliphatic carbocycles. The molecule has 2 aromatic carbocycles. The van der Waals surface area contributed by atoms with E-state index in [9.17, 15) is 9.18 Å². The maximum atomic E-state index is 13.8. The Labute approximate surface area is 157 Å². The van der Waals surface area contributed by atoms with E-state index < -0.39 is 5.82 Å². The summed E-state index contributed by atoms with van der Waals surface area (Å²) < 4.78 is 24.5. The van der Waals surface area contributed by atoms with Crippen molar-refractivity contribution in [3.8, 4) is 5.75 Å². The second-order valence-electron chi connectivity index (χ2n) is 6.62. The number of para-hydroxylation sites is 1. The minimum Gasteiger partial charge on any atom is -0.494 e. The zero-order valence-corrected chi connectivity index (χ0v) is 15.7. The summed E-state index contributed by atoms with van der Waals surface area (Å²) in [7, 11) is 3.24. The largest absolute Gasteiger partial charge is 0.494 e. The van der Waals surface area contributed by atoms with Crippen LogP contribution in [0.3, 0.4) is 0 Å². The Bertz CT molecular complexity index is 905. The second-order valence-corrected chi connectivity index (χ2v) is 6.62. The molecule has 0 spiro atoms. The van der Waals surface area contributed by atoms with E-state index >= 15 is 0 Å². The Morgan fingerprint density at radius 2 is 2.04 bits per heavy atom. The molecule has 0 saturated heterocycles. The van der Waals surface area contributed by atoms with Gasteiger partial charge in [0, 0.05) is 11.9 Å². The highest BCUT2D eigenvalue weighted by Crippen LogP contribution is 2.23. The van der Waals surface area contributed by atoms with E-state index in [0.29, 0.717) is 12.3 Å². The number of furan rings is 1. The zero-order chi connectivity index (χ0) is 19.4. The van der Waals surface area contributed by atoms with Crippen molar-refractivity contribution in [3.63, 3.8) is 0 Å². The van der Waals surface area contributed by atoms with Gasteiger partial charge in [-0.1, -0.05) is 24.3 Å². The number of hydrogen-bond acceptors (Lipinski definition) is 4. The van der Waals surface area contributed by atoms with E-state index in [1.165, 1.54) is 13.2 Å². The molecule has 1 unspecified atom stereocenters. The number of methoxy groups -OCH3 is 1. The lowest BCUT2D eigenvalue weighted by Crippen LogP contribution is -2.36. The minimum atomic E-state index is -0.411. The molecule has 142 valence electrons. The number of fused-ring (bicyclic) bond motifs is 1. The molecule has 0 bridgehead atoms. The number of halogens is 1. The van der Waals surface area contributed by atoms with Crippen molar-refractivity contribution in [3.05, 3.63) is 65.7 Å². The molecule has 1 heterocycles. The van der Waals surface area contributed by atoms with Gasteiger partial charge in [0.05, 0.1) is 19.7 Å². The molecule has 1 aromatic heterocycles. The molecule has 0 aliphatic rings. The fourth-order valence-electron chi connectivity index (χ4n) is 3.00. The summed E-state index contributed by atoms with van der Waals surface area (Å²) in [5.74, 6) is 0.383. The standard InChI is InChI=1S/C21H23FN2O3/c1-14(20-11-16-6-4-5-7-18(16)27-20)23-21(25)13-24(2)12-15-8-9-19(26-3)17(22)10-15/h4-11,14H,12-13H2,1-3H3,(H,23,25). The van der Waals surface area contributed by atoms with Crippen LogP contribution in [0.5, 0.6) is 5.75 Å². The summed E-state index contributed by atoms with van der Waals surface area (Å²) in [4.78, 5) is 14.1. The van der Waals surface area contributed by atoms with Crippen LogP contribution < -0.4 is 10.1 Å². The van der Waals surface area contributed by atoms with Gasteiger partial charge in [-0.3, -0.25) is 9.69 Å². The topological polar surface area (TPSA) is 54.7 Å². The molecule has 0 aliphatic heterocycles. The summed E-state index contributed by atoms with van der Waals surface area (Å²) >= 11 is 0. The van der Waals surface area contributed by atoms with Crippen molar-refractivity contribution in [2.24, 2.45) is 0 Å². The normalized spacial score (nSPS) is 12.3. The van der Waals surface area contributed by atoms with Gasteiger partial charge in [0.2, 0.25) is 5.91 Å². The first kappa shape index (κ1) is 18.9. The number of amides is 1. The predicted molar refractivity (Wildman–Crippen MR) is 102 cm³/mol. The van der Waals surface area contributed by atoms with E-state index in [0.717, 1.165) is 16.5 Å². The molecular formula is C21H23FN2O3. The first-order valence-electron chi connectivity index (χ1n) is 8.75. The number of nitrogens with zero attached hydrogens (tertiary/aromatic N) is 1. The molecule has 0 radical (unpaired) electrons. The summed E-state index contributed by atoms with van der Waals surface area (Å²) in [5.41, 5.74) is 1.57. The van der Waals surface area contributed by atoms with Gasteiger partial charge in [-0.2, -0.15) is 0 Å². The van der Waals surface area contributed by atoms with Crippen molar-refractivity contribution < 1.29 is 18.3 Å². The average Bonchev–Trinajstić information content (AvgIpc) is 3.06. The summed E-state index contributed by atoms with van der Waals surface area (Å²) in [6.45, 7) is 2.53. The molecule has 27 heavy (non-hydrogen) atoms. The zero-order valence-electron chi connectivity index (χ0n) is 15.7. The van der Waals surface area contributed by atoms with Gasteiger partial charge in [-0.25, -0.2) is 4.39 Å². The molecule has 3 rings (SSSR count). The third-order valence-corrected chi connectivity index (χ3v) is 4.33. The lowest BCUT2D eigenvalue weighted by Gasteiger charge is -2.18. The van der Waals surface area contributed by atoms with Crippen LogP contribution >= 0.6 is 0 Å². The number of ether oxygens (including phenoxy) is 1. The maximum absolute atomic E-state index is 13.8. The van der Waals surface area contributed by atoms with Gasteiger partial charge < -0.3 is 14.5 Å². The van der Waals surface area contributed by atoms with Crippen molar-refractivity contribution >= 4 is 16.9 Å². The van der Waals surface area contributed by atoms with Crippen LogP contribution in [0, 0.1) is 5.82 Å². The Morgan fingerprint density at radius 3 is 2.74 bits per heavy atom. The van der Waals surface area contributed by atoms with Crippen LogP contribution in [0.15, 0.2) is 52.9 Å². The van der Waals surface area contributed by atoms with Crippen LogP contribution in [0.1, 0.15) is 24.3 Å².